The third kappa shape index (κ3) is 4.87. The Hall–Kier alpha value is -0.940. The highest BCUT2D eigenvalue weighted by Gasteiger charge is 2.20. The Kier molecular flexibility index (Phi) is 6.47. The van der Waals surface area contributed by atoms with E-state index in [0.29, 0.717) is 12.0 Å². The first kappa shape index (κ1) is 15.4. The quantitative estimate of drug-likeness (QED) is 0.753. The Morgan fingerprint density at radius 3 is 2.95 bits per heavy atom. The van der Waals surface area contributed by atoms with Gasteiger partial charge in [-0.05, 0) is 31.7 Å². The second-order valence-corrected chi connectivity index (χ2v) is 5.68. The molecule has 114 valence electrons. The summed E-state index contributed by atoms with van der Waals surface area (Å²) in [5.41, 5.74) is 0. The highest BCUT2D eigenvalue weighted by Crippen LogP contribution is 2.17. The van der Waals surface area contributed by atoms with Crippen LogP contribution in [0.4, 0.5) is 0 Å². The lowest BCUT2D eigenvalue weighted by molar-refractivity contribution is 0.185. The Balaban J connectivity index is 1.82. The van der Waals surface area contributed by atoms with Gasteiger partial charge >= 0.3 is 0 Å². The number of aromatic nitrogens is 2. The molecule has 1 aromatic rings. The summed E-state index contributed by atoms with van der Waals surface area (Å²) in [5.74, 6) is 2.16. The molecule has 1 N–H and O–H groups in total. The molecule has 2 unspecified atom stereocenters. The number of hydrogen-bond donors (Lipinski definition) is 1. The van der Waals surface area contributed by atoms with Gasteiger partial charge in [0.1, 0.15) is 0 Å². The first-order chi connectivity index (χ1) is 9.81. The Morgan fingerprint density at radius 2 is 2.25 bits per heavy atom. The Labute approximate surface area is 121 Å². The largest absolute Gasteiger partial charge is 0.381 e. The lowest BCUT2D eigenvalue weighted by Crippen LogP contribution is -2.31. The van der Waals surface area contributed by atoms with Gasteiger partial charge in [-0.1, -0.05) is 25.4 Å². The molecule has 0 bridgehead atoms. The SMILES string of the molecule is CCCNC(CCC)Cc1nc(CC2CCOC2)no1. The van der Waals surface area contributed by atoms with Gasteiger partial charge in [-0.3, -0.25) is 0 Å². The fourth-order valence-electron chi connectivity index (χ4n) is 2.64. The second kappa shape index (κ2) is 8.37. The number of rotatable bonds is 9. The summed E-state index contributed by atoms with van der Waals surface area (Å²) < 4.78 is 10.8. The van der Waals surface area contributed by atoms with E-state index in [1.54, 1.807) is 0 Å². The van der Waals surface area contributed by atoms with Crippen LogP contribution in [-0.4, -0.2) is 35.9 Å². The van der Waals surface area contributed by atoms with Crippen molar-refractivity contribution in [3.05, 3.63) is 11.7 Å². The van der Waals surface area contributed by atoms with Crippen LogP contribution in [0.5, 0.6) is 0 Å². The summed E-state index contributed by atoms with van der Waals surface area (Å²) in [6.45, 7) is 7.14. The van der Waals surface area contributed by atoms with Gasteiger partial charge < -0.3 is 14.6 Å². The average Bonchev–Trinajstić information content (AvgIpc) is 3.09. The zero-order valence-electron chi connectivity index (χ0n) is 12.7. The molecule has 1 aliphatic rings. The molecule has 0 amide bonds. The van der Waals surface area contributed by atoms with Crippen LogP contribution in [0.1, 0.15) is 51.2 Å². The lowest BCUT2D eigenvalue weighted by Gasteiger charge is -2.15. The fourth-order valence-corrected chi connectivity index (χ4v) is 2.64. The molecule has 1 saturated heterocycles. The summed E-state index contributed by atoms with van der Waals surface area (Å²) in [7, 11) is 0. The predicted octanol–water partition coefficient (Wildman–Crippen LogP) is 2.36. The first-order valence-electron chi connectivity index (χ1n) is 7.94. The van der Waals surface area contributed by atoms with Crippen molar-refractivity contribution in [3.8, 4) is 0 Å². The summed E-state index contributed by atoms with van der Waals surface area (Å²) >= 11 is 0. The van der Waals surface area contributed by atoms with Gasteiger partial charge in [-0.25, -0.2) is 0 Å². The van der Waals surface area contributed by atoms with Crippen molar-refractivity contribution in [1.82, 2.24) is 15.5 Å². The molecule has 1 aliphatic heterocycles. The van der Waals surface area contributed by atoms with Crippen LogP contribution in [0, 0.1) is 5.92 Å². The van der Waals surface area contributed by atoms with E-state index < -0.39 is 0 Å². The van der Waals surface area contributed by atoms with E-state index in [9.17, 15) is 0 Å². The highest BCUT2D eigenvalue weighted by atomic mass is 16.5. The standard InChI is InChI=1S/C15H27N3O2/c1-3-5-13(16-7-4-2)10-15-17-14(18-20-15)9-12-6-8-19-11-12/h12-13,16H,3-11H2,1-2H3. The van der Waals surface area contributed by atoms with Crippen LogP contribution in [0.15, 0.2) is 4.52 Å². The fraction of sp³-hybridized carbons (Fsp3) is 0.867. The van der Waals surface area contributed by atoms with Crippen LogP contribution in [0.25, 0.3) is 0 Å². The summed E-state index contributed by atoms with van der Waals surface area (Å²) in [6, 6.07) is 0.447. The molecule has 0 aliphatic carbocycles. The van der Waals surface area contributed by atoms with Crippen molar-refractivity contribution in [2.24, 2.45) is 5.92 Å². The molecule has 0 spiro atoms. The normalized spacial score (nSPS) is 20.4. The van der Waals surface area contributed by atoms with Crippen LogP contribution in [-0.2, 0) is 17.6 Å². The summed E-state index contributed by atoms with van der Waals surface area (Å²) in [4.78, 5) is 4.53. The van der Waals surface area contributed by atoms with Crippen molar-refractivity contribution in [2.45, 2.75) is 58.4 Å². The smallest absolute Gasteiger partial charge is 0.228 e. The topological polar surface area (TPSA) is 60.2 Å². The van der Waals surface area contributed by atoms with Crippen LogP contribution in [0.2, 0.25) is 0 Å². The average molecular weight is 281 g/mol. The maximum absolute atomic E-state index is 5.39. The number of nitrogens with zero attached hydrogens (tertiary/aromatic N) is 2. The first-order valence-corrected chi connectivity index (χ1v) is 7.94. The van der Waals surface area contributed by atoms with Crippen molar-refractivity contribution in [3.63, 3.8) is 0 Å². The van der Waals surface area contributed by atoms with E-state index in [0.717, 1.165) is 63.6 Å². The van der Waals surface area contributed by atoms with E-state index in [4.69, 9.17) is 9.26 Å². The third-order valence-electron chi connectivity index (χ3n) is 3.75. The third-order valence-corrected chi connectivity index (χ3v) is 3.75. The Morgan fingerprint density at radius 1 is 1.35 bits per heavy atom. The van der Waals surface area contributed by atoms with Crippen molar-refractivity contribution < 1.29 is 9.26 Å². The summed E-state index contributed by atoms with van der Waals surface area (Å²) in [5, 5.41) is 7.66. The number of nitrogens with one attached hydrogen (secondary N) is 1. The monoisotopic (exact) mass is 281 g/mol. The van der Waals surface area contributed by atoms with Gasteiger partial charge in [-0.15, -0.1) is 0 Å². The highest BCUT2D eigenvalue weighted by molar-refractivity contribution is 4.91. The van der Waals surface area contributed by atoms with Gasteiger partial charge in [0.15, 0.2) is 5.82 Å². The zero-order chi connectivity index (χ0) is 14.2. The van der Waals surface area contributed by atoms with Gasteiger partial charge in [-0.2, -0.15) is 4.98 Å². The molecular weight excluding hydrogens is 254 g/mol. The van der Waals surface area contributed by atoms with Crippen LogP contribution in [0.3, 0.4) is 0 Å². The minimum absolute atomic E-state index is 0.447. The Bertz CT molecular complexity index is 375. The minimum Gasteiger partial charge on any atom is -0.381 e. The molecular formula is C15H27N3O2. The zero-order valence-corrected chi connectivity index (χ0v) is 12.7. The predicted molar refractivity (Wildman–Crippen MR) is 77.6 cm³/mol. The van der Waals surface area contributed by atoms with Crippen LogP contribution >= 0.6 is 0 Å². The van der Waals surface area contributed by atoms with Crippen molar-refractivity contribution in [1.29, 1.82) is 0 Å². The molecule has 20 heavy (non-hydrogen) atoms. The second-order valence-electron chi connectivity index (χ2n) is 5.68. The maximum Gasteiger partial charge on any atom is 0.228 e. The molecule has 2 heterocycles. The molecule has 2 atom stereocenters. The number of hydrogen-bond acceptors (Lipinski definition) is 5. The van der Waals surface area contributed by atoms with Gasteiger partial charge in [0.2, 0.25) is 5.89 Å². The molecule has 0 radical (unpaired) electrons. The molecule has 0 saturated carbocycles. The maximum atomic E-state index is 5.39. The molecule has 1 aromatic heterocycles. The molecule has 1 fully saturated rings. The molecule has 5 nitrogen and oxygen atoms in total. The van der Waals surface area contributed by atoms with Crippen molar-refractivity contribution in [2.75, 3.05) is 19.8 Å². The minimum atomic E-state index is 0.447. The molecule has 2 rings (SSSR count). The molecule has 5 heteroatoms. The number of ether oxygens (including phenoxy) is 1. The van der Waals surface area contributed by atoms with E-state index in [-0.39, 0.29) is 0 Å². The van der Waals surface area contributed by atoms with Crippen LogP contribution < -0.4 is 5.32 Å². The van der Waals surface area contributed by atoms with E-state index >= 15 is 0 Å². The lowest BCUT2D eigenvalue weighted by atomic mass is 10.1. The summed E-state index contributed by atoms with van der Waals surface area (Å²) in [6.07, 6.45) is 6.29. The van der Waals surface area contributed by atoms with Gasteiger partial charge in [0, 0.05) is 32.1 Å². The van der Waals surface area contributed by atoms with Gasteiger partial charge in [0.05, 0.1) is 0 Å². The van der Waals surface area contributed by atoms with Crippen molar-refractivity contribution >= 4 is 0 Å². The van der Waals surface area contributed by atoms with E-state index in [2.05, 4.69) is 29.3 Å². The van der Waals surface area contributed by atoms with Gasteiger partial charge in [0.25, 0.3) is 0 Å². The van der Waals surface area contributed by atoms with E-state index in [1.165, 1.54) is 6.42 Å². The molecule has 0 aromatic carbocycles. The van der Waals surface area contributed by atoms with E-state index in [1.807, 2.05) is 0 Å².